The predicted octanol–water partition coefficient (Wildman–Crippen LogP) is 2.75. The average molecular weight is 403 g/mol. The van der Waals surface area contributed by atoms with Gasteiger partial charge < -0.3 is 9.64 Å². The molecule has 0 spiro atoms. The molecule has 1 saturated heterocycles. The summed E-state index contributed by atoms with van der Waals surface area (Å²) in [6, 6.07) is 16.2. The number of piperidine rings is 1. The number of benzene rings is 2. The van der Waals surface area contributed by atoms with E-state index in [1.165, 1.54) is 4.31 Å². The minimum atomic E-state index is -3.55. The summed E-state index contributed by atoms with van der Waals surface area (Å²) >= 11 is 0. The number of hydrogen-bond donors (Lipinski definition) is 0. The third-order valence-corrected chi connectivity index (χ3v) is 7.05. The Morgan fingerprint density at radius 3 is 2.25 bits per heavy atom. The second kappa shape index (κ2) is 8.75. The molecule has 0 saturated carbocycles. The second-order valence-electron chi connectivity index (χ2n) is 7.03. The maximum Gasteiger partial charge on any atom is 0.243 e. The van der Waals surface area contributed by atoms with Crippen molar-refractivity contribution in [2.24, 2.45) is 5.92 Å². The van der Waals surface area contributed by atoms with Crippen molar-refractivity contribution >= 4 is 15.9 Å². The summed E-state index contributed by atoms with van der Waals surface area (Å²) in [7, 11) is -0.209. The molecule has 2 aromatic rings. The Morgan fingerprint density at radius 2 is 1.68 bits per heavy atom. The maximum absolute atomic E-state index is 12.8. The highest BCUT2D eigenvalue weighted by Crippen LogP contribution is 2.26. The Hall–Kier alpha value is -2.38. The monoisotopic (exact) mass is 402 g/mol. The fourth-order valence-electron chi connectivity index (χ4n) is 3.49. The molecule has 1 aliphatic heterocycles. The lowest BCUT2D eigenvalue weighted by molar-refractivity contribution is -0.135. The van der Waals surface area contributed by atoms with Gasteiger partial charge in [0, 0.05) is 32.6 Å². The van der Waals surface area contributed by atoms with Crippen molar-refractivity contribution in [3.8, 4) is 5.75 Å². The normalized spacial score (nSPS) is 15.9. The second-order valence-corrected chi connectivity index (χ2v) is 8.97. The van der Waals surface area contributed by atoms with Crippen LogP contribution in [-0.2, 0) is 21.4 Å². The molecule has 0 aliphatic carbocycles. The van der Waals surface area contributed by atoms with E-state index in [1.54, 1.807) is 43.3 Å². The Morgan fingerprint density at radius 1 is 1.07 bits per heavy atom. The van der Waals surface area contributed by atoms with Crippen molar-refractivity contribution < 1.29 is 17.9 Å². The van der Waals surface area contributed by atoms with Gasteiger partial charge in [-0.15, -0.1) is 0 Å². The van der Waals surface area contributed by atoms with E-state index in [4.69, 9.17) is 4.74 Å². The zero-order chi connectivity index (χ0) is 20.1. The van der Waals surface area contributed by atoms with Gasteiger partial charge >= 0.3 is 0 Å². The molecule has 0 bridgehead atoms. The molecule has 0 atom stereocenters. The van der Waals surface area contributed by atoms with Gasteiger partial charge in [0.1, 0.15) is 5.75 Å². The quantitative estimate of drug-likeness (QED) is 0.745. The summed E-state index contributed by atoms with van der Waals surface area (Å²) in [6.45, 7) is 1.26. The molecule has 0 N–H and O–H groups in total. The van der Waals surface area contributed by atoms with Crippen molar-refractivity contribution in [3.63, 3.8) is 0 Å². The summed E-state index contributed by atoms with van der Waals surface area (Å²) in [5.41, 5.74) is 1.08. The van der Waals surface area contributed by atoms with E-state index in [0.29, 0.717) is 38.2 Å². The minimum absolute atomic E-state index is 0.0744. The van der Waals surface area contributed by atoms with Crippen LogP contribution in [0.15, 0.2) is 59.5 Å². The van der Waals surface area contributed by atoms with Gasteiger partial charge in [-0.1, -0.05) is 30.3 Å². The number of rotatable bonds is 6. The van der Waals surface area contributed by atoms with Crippen LogP contribution in [0.1, 0.15) is 18.4 Å². The van der Waals surface area contributed by atoms with Gasteiger partial charge in [-0.25, -0.2) is 8.42 Å². The molecule has 3 rings (SSSR count). The first kappa shape index (κ1) is 20.4. The Labute approximate surface area is 166 Å². The number of carbonyl (C=O) groups is 1. The van der Waals surface area contributed by atoms with Crippen LogP contribution in [0, 0.1) is 5.92 Å². The van der Waals surface area contributed by atoms with Crippen LogP contribution in [0.4, 0.5) is 0 Å². The van der Waals surface area contributed by atoms with E-state index in [2.05, 4.69) is 0 Å². The van der Waals surface area contributed by atoms with Crippen molar-refractivity contribution in [1.82, 2.24) is 9.21 Å². The van der Waals surface area contributed by atoms with Crippen molar-refractivity contribution in [3.05, 3.63) is 60.2 Å². The lowest BCUT2D eigenvalue weighted by atomic mass is 9.96. The third-order valence-electron chi connectivity index (χ3n) is 5.14. The highest BCUT2D eigenvalue weighted by atomic mass is 32.2. The Balaban J connectivity index is 1.59. The SMILES string of the molecule is COc1ccc(S(=O)(=O)N2CCC(C(=O)N(C)Cc3ccccc3)CC2)cc1. The molecular weight excluding hydrogens is 376 g/mol. The molecule has 0 unspecified atom stereocenters. The van der Waals surface area contributed by atoms with Crippen LogP contribution < -0.4 is 4.74 Å². The van der Waals surface area contributed by atoms with E-state index >= 15 is 0 Å². The number of nitrogens with zero attached hydrogens (tertiary/aromatic N) is 2. The number of carbonyl (C=O) groups excluding carboxylic acids is 1. The largest absolute Gasteiger partial charge is 0.497 e. The molecule has 7 heteroatoms. The molecular formula is C21H26N2O4S. The average Bonchev–Trinajstić information content (AvgIpc) is 2.74. The first-order chi connectivity index (χ1) is 13.4. The van der Waals surface area contributed by atoms with Crippen LogP contribution in [0.3, 0.4) is 0 Å². The molecule has 1 amide bonds. The van der Waals surface area contributed by atoms with Crippen molar-refractivity contribution in [1.29, 1.82) is 0 Å². The van der Waals surface area contributed by atoms with E-state index in [-0.39, 0.29) is 16.7 Å². The van der Waals surface area contributed by atoms with Gasteiger partial charge in [0.25, 0.3) is 0 Å². The van der Waals surface area contributed by atoms with E-state index in [0.717, 1.165) is 5.56 Å². The molecule has 6 nitrogen and oxygen atoms in total. The van der Waals surface area contributed by atoms with Crippen LogP contribution in [-0.4, -0.2) is 50.8 Å². The van der Waals surface area contributed by atoms with Gasteiger partial charge in [-0.05, 0) is 42.7 Å². The summed E-state index contributed by atoms with van der Waals surface area (Å²) < 4.78 is 32.2. The van der Waals surface area contributed by atoms with Gasteiger partial charge in [0.2, 0.25) is 15.9 Å². The van der Waals surface area contributed by atoms with Crippen LogP contribution >= 0.6 is 0 Å². The molecule has 150 valence electrons. The molecule has 0 aromatic heterocycles. The maximum atomic E-state index is 12.8. The fraction of sp³-hybridized carbons (Fsp3) is 0.381. The standard InChI is InChI=1S/C21H26N2O4S/c1-22(16-17-6-4-3-5-7-17)21(24)18-12-14-23(15-13-18)28(25,26)20-10-8-19(27-2)9-11-20/h3-11,18H,12-16H2,1-2H3. The molecule has 1 heterocycles. The molecule has 1 fully saturated rings. The van der Waals surface area contributed by atoms with Gasteiger partial charge in [-0.3, -0.25) is 4.79 Å². The number of amides is 1. The van der Waals surface area contributed by atoms with E-state index in [9.17, 15) is 13.2 Å². The first-order valence-corrected chi connectivity index (χ1v) is 10.8. The smallest absolute Gasteiger partial charge is 0.243 e. The lowest BCUT2D eigenvalue weighted by Gasteiger charge is -2.32. The highest BCUT2D eigenvalue weighted by Gasteiger charge is 2.33. The van der Waals surface area contributed by atoms with Gasteiger partial charge in [0.15, 0.2) is 0 Å². The van der Waals surface area contributed by atoms with Crippen LogP contribution in [0.2, 0.25) is 0 Å². The number of sulfonamides is 1. The predicted molar refractivity (Wildman–Crippen MR) is 107 cm³/mol. The fourth-order valence-corrected chi connectivity index (χ4v) is 4.96. The molecule has 0 radical (unpaired) electrons. The first-order valence-electron chi connectivity index (χ1n) is 9.35. The Bertz CT molecular complexity index is 890. The summed E-state index contributed by atoms with van der Waals surface area (Å²) in [5.74, 6) is 0.547. The van der Waals surface area contributed by atoms with Gasteiger partial charge in [-0.2, -0.15) is 4.31 Å². The highest BCUT2D eigenvalue weighted by molar-refractivity contribution is 7.89. The zero-order valence-electron chi connectivity index (χ0n) is 16.2. The molecule has 1 aliphatic rings. The minimum Gasteiger partial charge on any atom is -0.497 e. The topological polar surface area (TPSA) is 66.9 Å². The van der Waals surface area contributed by atoms with Crippen molar-refractivity contribution in [2.75, 3.05) is 27.2 Å². The van der Waals surface area contributed by atoms with Gasteiger partial charge in [0.05, 0.1) is 12.0 Å². The van der Waals surface area contributed by atoms with E-state index in [1.807, 2.05) is 30.3 Å². The van der Waals surface area contributed by atoms with Crippen LogP contribution in [0.25, 0.3) is 0 Å². The zero-order valence-corrected chi connectivity index (χ0v) is 17.1. The molecule has 2 aromatic carbocycles. The lowest BCUT2D eigenvalue weighted by Crippen LogP contribution is -2.43. The summed E-state index contributed by atoms with van der Waals surface area (Å²) in [6.07, 6.45) is 1.07. The number of methoxy groups -OCH3 is 1. The van der Waals surface area contributed by atoms with Crippen molar-refractivity contribution in [2.45, 2.75) is 24.3 Å². The summed E-state index contributed by atoms with van der Waals surface area (Å²) in [4.78, 5) is 14.7. The third kappa shape index (κ3) is 4.54. The number of ether oxygens (including phenoxy) is 1. The Kier molecular flexibility index (Phi) is 6.36. The van der Waals surface area contributed by atoms with E-state index < -0.39 is 10.0 Å². The number of hydrogen-bond acceptors (Lipinski definition) is 4. The molecule has 28 heavy (non-hydrogen) atoms. The summed E-state index contributed by atoms with van der Waals surface area (Å²) in [5, 5.41) is 0. The van der Waals surface area contributed by atoms with Crippen LogP contribution in [0.5, 0.6) is 5.75 Å².